The van der Waals surface area contributed by atoms with E-state index in [1.165, 1.54) is 0 Å². The molecule has 3 rings (SSSR count). The molecular formula is C27H35N3O5. The minimum absolute atomic E-state index is 0.157. The Morgan fingerprint density at radius 2 is 1.57 bits per heavy atom. The van der Waals surface area contributed by atoms with Gasteiger partial charge >= 0.3 is 11.9 Å². The lowest BCUT2D eigenvalue weighted by Gasteiger charge is -2.31. The Hall–Kier alpha value is -3.20. The Bertz CT molecular complexity index is 1100. The van der Waals surface area contributed by atoms with Crippen molar-refractivity contribution in [2.75, 3.05) is 0 Å². The molecular weight excluding hydrogens is 446 g/mol. The number of rotatable bonds is 14. The largest absolute Gasteiger partial charge is 0.480 e. The third kappa shape index (κ3) is 7.65. The summed E-state index contributed by atoms with van der Waals surface area (Å²) in [6, 6.07) is 14.7. The molecule has 188 valence electrons. The minimum Gasteiger partial charge on any atom is -0.480 e. The van der Waals surface area contributed by atoms with Crippen molar-refractivity contribution in [3.05, 3.63) is 71.9 Å². The van der Waals surface area contributed by atoms with E-state index in [9.17, 15) is 24.9 Å². The summed E-state index contributed by atoms with van der Waals surface area (Å²) in [7, 11) is 0. The van der Waals surface area contributed by atoms with Crippen molar-refractivity contribution in [1.29, 1.82) is 0 Å². The highest BCUT2D eigenvalue weighted by Crippen LogP contribution is 2.20. The molecule has 4 unspecified atom stereocenters. The number of aromatic nitrogens is 1. The normalized spacial score (nSPS) is 15.1. The maximum absolute atomic E-state index is 12.0. The molecule has 0 bridgehead atoms. The van der Waals surface area contributed by atoms with Crippen molar-refractivity contribution in [3.8, 4) is 0 Å². The first-order chi connectivity index (χ1) is 16.7. The molecule has 0 saturated heterocycles. The number of benzene rings is 2. The standard InChI is InChI=1S/C27H35N3O5/c1-17(2)14-23(29-22(26(32)33)13-12-18-8-4-3-5-9-18)25(31)30-24(27(34)35)15-19-16-28-21-11-7-6-10-20(19)21/h3-11,16-17,22-25,28-31H,12-15H2,1-2H3,(H,32,33)(H,34,35). The van der Waals surface area contributed by atoms with Crippen LogP contribution in [0.15, 0.2) is 60.8 Å². The van der Waals surface area contributed by atoms with Gasteiger partial charge in [0.25, 0.3) is 0 Å². The number of hydrogen-bond acceptors (Lipinski definition) is 5. The molecule has 0 aliphatic carbocycles. The molecule has 0 aliphatic heterocycles. The van der Waals surface area contributed by atoms with Gasteiger partial charge in [0.2, 0.25) is 0 Å². The summed E-state index contributed by atoms with van der Waals surface area (Å²) in [4.78, 5) is 27.1. The molecule has 1 heterocycles. The van der Waals surface area contributed by atoms with Crippen LogP contribution in [0.5, 0.6) is 0 Å². The Kier molecular flexibility index (Phi) is 9.42. The Morgan fingerprint density at radius 1 is 0.914 bits per heavy atom. The quantitative estimate of drug-likeness (QED) is 0.195. The first kappa shape index (κ1) is 26.4. The third-order valence-corrected chi connectivity index (χ3v) is 6.15. The van der Waals surface area contributed by atoms with Crippen LogP contribution >= 0.6 is 0 Å². The zero-order valence-corrected chi connectivity index (χ0v) is 20.1. The summed E-state index contributed by atoms with van der Waals surface area (Å²) in [5.74, 6) is -1.93. The second-order valence-corrected chi connectivity index (χ2v) is 9.38. The van der Waals surface area contributed by atoms with E-state index in [1.54, 1.807) is 6.20 Å². The number of carboxylic acid groups (broad SMARTS) is 2. The molecule has 3 aromatic rings. The number of aryl methyl sites for hydroxylation is 1. The molecule has 6 N–H and O–H groups in total. The lowest BCUT2D eigenvalue weighted by Crippen LogP contribution is -2.57. The first-order valence-corrected chi connectivity index (χ1v) is 12.0. The van der Waals surface area contributed by atoms with Crippen molar-refractivity contribution in [2.45, 2.75) is 63.9 Å². The molecule has 0 spiro atoms. The number of aromatic amines is 1. The number of carboxylic acids is 2. The van der Waals surface area contributed by atoms with Gasteiger partial charge in [-0.3, -0.25) is 20.2 Å². The summed E-state index contributed by atoms with van der Waals surface area (Å²) in [5.41, 5.74) is 2.77. The summed E-state index contributed by atoms with van der Waals surface area (Å²) >= 11 is 0. The molecule has 8 nitrogen and oxygen atoms in total. The molecule has 0 radical (unpaired) electrons. The maximum atomic E-state index is 12.0. The molecule has 2 aromatic carbocycles. The number of H-pyrrole nitrogens is 1. The van der Waals surface area contributed by atoms with Gasteiger partial charge in [0.15, 0.2) is 0 Å². The number of carbonyl (C=O) groups is 2. The fraction of sp³-hybridized carbons (Fsp3) is 0.407. The number of aliphatic hydroxyl groups is 1. The smallest absolute Gasteiger partial charge is 0.321 e. The van der Waals surface area contributed by atoms with Crippen molar-refractivity contribution in [2.24, 2.45) is 5.92 Å². The van der Waals surface area contributed by atoms with Gasteiger partial charge in [-0.2, -0.15) is 0 Å². The number of para-hydroxylation sites is 1. The molecule has 1 aromatic heterocycles. The van der Waals surface area contributed by atoms with E-state index in [4.69, 9.17) is 0 Å². The maximum Gasteiger partial charge on any atom is 0.321 e. The van der Waals surface area contributed by atoms with Crippen LogP contribution in [-0.2, 0) is 22.4 Å². The highest BCUT2D eigenvalue weighted by atomic mass is 16.4. The average Bonchev–Trinajstić information content (AvgIpc) is 3.23. The van der Waals surface area contributed by atoms with Crippen LogP contribution in [0.25, 0.3) is 10.9 Å². The fourth-order valence-corrected chi connectivity index (χ4v) is 4.35. The van der Waals surface area contributed by atoms with Gasteiger partial charge in [0.05, 0.1) is 0 Å². The minimum atomic E-state index is -1.25. The molecule has 0 saturated carbocycles. The van der Waals surface area contributed by atoms with E-state index in [2.05, 4.69) is 15.6 Å². The third-order valence-electron chi connectivity index (χ3n) is 6.15. The molecule has 0 amide bonds. The van der Waals surface area contributed by atoms with Crippen molar-refractivity contribution in [3.63, 3.8) is 0 Å². The van der Waals surface area contributed by atoms with Crippen LogP contribution in [0.2, 0.25) is 0 Å². The summed E-state index contributed by atoms with van der Waals surface area (Å²) in [6.45, 7) is 3.95. The first-order valence-electron chi connectivity index (χ1n) is 12.0. The van der Waals surface area contributed by atoms with E-state index in [0.717, 1.165) is 22.0 Å². The van der Waals surface area contributed by atoms with Crippen LogP contribution in [-0.4, -0.2) is 56.6 Å². The predicted octanol–water partition coefficient (Wildman–Crippen LogP) is 3.16. The zero-order chi connectivity index (χ0) is 25.4. The summed E-state index contributed by atoms with van der Waals surface area (Å²) in [5, 5.41) is 37.5. The highest BCUT2D eigenvalue weighted by Gasteiger charge is 2.30. The lowest BCUT2D eigenvalue weighted by atomic mass is 9.98. The van der Waals surface area contributed by atoms with Gasteiger partial charge in [0.1, 0.15) is 18.3 Å². The topological polar surface area (TPSA) is 135 Å². The molecule has 0 fully saturated rings. The summed E-state index contributed by atoms with van der Waals surface area (Å²) in [6.07, 6.45) is 2.09. The van der Waals surface area contributed by atoms with E-state index < -0.39 is 36.3 Å². The highest BCUT2D eigenvalue weighted by molar-refractivity contribution is 5.84. The van der Waals surface area contributed by atoms with Gasteiger partial charge in [-0.05, 0) is 42.4 Å². The van der Waals surface area contributed by atoms with Gasteiger partial charge in [-0.1, -0.05) is 62.4 Å². The van der Waals surface area contributed by atoms with E-state index >= 15 is 0 Å². The van der Waals surface area contributed by atoms with Crippen LogP contribution in [0.1, 0.15) is 37.8 Å². The van der Waals surface area contributed by atoms with Crippen LogP contribution in [0.4, 0.5) is 0 Å². The van der Waals surface area contributed by atoms with Gasteiger partial charge < -0.3 is 20.3 Å². The number of hydrogen-bond donors (Lipinski definition) is 6. The van der Waals surface area contributed by atoms with E-state index in [1.807, 2.05) is 68.4 Å². The number of aliphatic hydroxyl groups excluding tert-OH is 1. The summed E-state index contributed by atoms with van der Waals surface area (Å²) < 4.78 is 0. The van der Waals surface area contributed by atoms with E-state index in [0.29, 0.717) is 19.3 Å². The Balaban J connectivity index is 1.70. The lowest BCUT2D eigenvalue weighted by molar-refractivity contribution is -0.142. The number of fused-ring (bicyclic) bond motifs is 1. The van der Waals surface area contributed by atoms with Crippen molar-refractivity contribution in [1.82, 2.24) is 15.6 Å². The van der Waals surface area contributed by atoms with Gasteiger partial charge in [0, 0.05) is 29.6 Å². The molecule has 8 heteroatoms. The molecule has 4 atom stereocenters. The number of nitrogens with one attached hydrogen (secondary N) is 3. The van der Waals surface area contributed by atoms with Crippen molar-refractivity contribution < 1.29 is 24.9 Å². The monoisotopic (exact) mass is 481 g/mol. The average molecular weight is 482 g/mol. The van der Waals surface area contributed by atoms with Gasteiger partial charge in [-0.25, -0.2) is 0 Å². The second-order valence-electron chi connectivity index (χ2n) is 9.38. The second kappa shape index (κ2) is 12.5. The van der Waals surface area contributed by atoms with Crippen LogP contribution in [0, 0.1) is 5.92 Å². The molecule has 0 aliphatic rings. The van der Waals surface area contributed by atoms with Crippen LogP contribution < -0.4 is 10.6 Å². The van der Waals surface area contributed by atoms with Crippen LogP contribution in [0.3, 0.4) is 0 Å². The zero-order valence-electron chi connectivity index (χ0n) is 20.1. The van der Waals surface area contributed by atoms with E-state index in [-0.39, 0.29) is 12.3 Å². The SMILES string of the molecule is CC(C)CC(NC(CCc1ccccc1)C(=O)O)C(O)NC(Cc1c[nH]c2ccccc12)C(=O)O. The van der Waals surface area contributed by atoms with Gasteiger partial charge in [-0.15, -0.1) is 0 Å². The van der Waals surface area contributed by atoms with Crippen molar-refractivity contribution >= 4 is 22.8 Å². The molecule has 35 heavy (non-hydrogen) atoms. The number of aliphatic carboxylic acids is 2. The predicted molar refractivity (Wildman–Crippen MR) is 135 cm³/mol. The fourth-order valence-electron chi connectivity index (χ4n) is 4.35. The Labute approximate surface area is 205 Å². The Morgan fingerprint density at radius 3 is 2.23 bits per heavy atom.